The molecule has 0 atom stereocenters. The van der Waals surface area contributed by atoms with Crippen molar-refractivity contribution in [2.75, 3.05) is 0 Å². The Balaban J connectivity index is 2.32. The predicted molar refractivity (Wildman–Crippen MR) is 29.8 cm³/mol. The monoisotopic (exact) mass is 366 g/mol. The molecule has 0 unspecified atom stereocenters. The first-order valence-corrected chi connectivity index (χ1v) is 18.0. The van der Waals surface area contributed by atoms with Crippen molar-refractivity contribution in [2.24, 2.45) is 3.54 Å². The second-order valence-electron chi connectivity index (χ2n) is 0.587. The van der Waals surface area contributed by atoms with Crippen LogP contribution >= 0.6 is 17.8 Å². The average molecular weight is 365 g/mol. The Bertz CT molecular complexity index is 12.8. The van der Waals surface area contributed by atoms with E-state index in [-0.39, 0.29) is 0 Å². The van der Waals surface area contributed by atoms with E-state index < -0.39 is 18.7 Å². The molecule has 1 nitrogen and oxygen atoms in total. The first kappa shape index (κ1) is 5.61. The molecule has 3 heteroatoms. The van der Waals surface area contributed by atoms with Crippen LogP contribution in [0.5, 0.6) is 0 Å². The fourth-order valence-electron chi connectivity index (χ4n) is 0. The van der Waals surface area contributed by atoms with Gasteiger partial charge in [-0.1, -0.05) is 0 Å². The number of nitrogens with two attached hydrogens (primary N) is 1. The summed E-state index contributed by atoms with van der Waals surface area (Å²) < 4.78 is 7.45. The standard InChI is InChI=1S/CH3.HI.H2N.Pb/h1H3;1H;1H2;/q;;-1;+2/p-1. The van der Waals surface area contributed by atoms with Crippen LogP contribution < -0.4 is 3.54 Å². The van der Waals surface area contributed by atoms with Gasteiger partial charge in [0.05, 0.1) is 0 Å². The van der Waals surface area contributed by atoms with Gasteiger partial charge >= 0.3 is 44.5 Å². The van der Waals surface area contributed by atoms with E-state index in [1.54, 1.807) is 0 Å². The molecule has 25 valence electrons. The summed E-state index contributed by atoms with van der Waals surface area (Å²) in [6, 6.07) is 0. The third kappa shape index (κ3) is 9.48. The summed E-state index contributed by atoms with van der Waals surface area (Å²) in [6.07, 6.45) is 0. The van der Waals surface area contributed by atoms with E-state index in [4.69, 9.17) is 3.54 Å². The molecule has 2 N–H and O–H groups in total. The minimum absolute atomic E-state index is 1.19. The second kappa shape index (κ2) is 2.83. The molecular weight excluding hydrogens is 360 g/mol. The average Bonchev–Trinajstić information content (AvgIpc) is 0.811. The summed E-state index contributed by atoms with van der Waals surface area (Å²) in [5.41, 5.74) is 0. The van der Waals surface area contributed by atoms with Crippen LogP contribution in [0, 0.1) is 0 Å². The zero-order chi connectivity index (χ0) is 3.58. The summed E-state index contributed by atoms with van der Waals surface area (Å²) >= 11 is 1.15. The maximum atomic E-state index is 5.31. The van der Waals surface area contributed by atoms with Crippen molar-refractivity contribution >= 4 is 36.5 Å². The molecule has 0 aliphatic rings. The number of hydrogen-bond donors (Lipinski definition) is 1. The van der Waals surface area contributed by atoms with Crippen molar-refractivity contribution in [2.45, 2.75) is 4.48 Å². The summed E-state index contributed by atoms with van der Waals surface area (Å²) in [5.74, 6) is 0. The molecule has 1 radical (unpaired) electrons. The normalized spacial score (nSPS) is 9.00. The van der Waals surface area contributed by atoms with Crippen LogP contribution in [0.3, 0.4) is 0 Å². The molecule has 0 aromatic heterocycles. The van der Waals surface area contributed by atoms with Crippen LogP contribution in [0.4, 0.5) is 0 Å². The molecule has 0 aliphatic heterocycles. The summed E-state index contributed by atoms with van der Waals surface area (Å²) in [5, 5.41) is 0. The van der Waals surface area contributed by atoms with Crippen molar-refractivity contribution in [3.05, 3.63) is 0 Å². The van der Waals surface area contributed by atoms with E-state index in [0.717, 1.165) is 0 Å². The van der Waals surface area contributed by atoms with E-state index in [1.165, 1.54) is 0 Å². The van der Waals surface area contributed by atoms with Crippen LogP contribution in [0.25, 0.3) is 0 Å². The van der Waals surface area contributed by atoms with Crippen LogP contribution in [-0.4, -0.2) is 18.7 Å². The van der Waals surface area contributed by atoms with Crippen molar-refractivity contribution < 1.29 is 0 Å². The molecule has 0 heterocycles. The minimum atomic E-state index is -1.19. The van der Waals surface area contributed by atoms with Crippen LogP contribution in [0.2, 0.25) is 4.48 Å². The van der Waals surface area contributed by atoms with Gasteiger partial charge < -0.3 is 0 Å². The van der Waals surface area contributed by atoms with Gasteiger partial charge in [0.1, 0.15) is 0 Å². The topological polar surface area (TPSA) is 26.0 Å². The van der Waals surface area contributed by atoms with Gasteiger partial charge in [-0.15, -0.1) is 0 Å². The SMILES string of the molecule is [CH3][Pb]([NH2])[I]. The van der Waals surface area contributed by atoms with E-state index in [9.17, 15) is 0 Å². The van der Waals surface area contributed by atoms with Crippen molar-refractivity contribution in [1.29, 1.82) is 0 Å². The molecule has 0 aromatic carbocycles. The fraction of sp³-hybridized carbons (Fsp3) is 1.00. The second-order valence-corrected chi connectivity index (χ2v) is 20.1. The van der Waals surface area contributed by atoms with Crippen LogP contribution in [-0.2, 0) is 0 Å². The quantitative estimate of drug-likeness (QED) is 0.491. The van der Waals surface area contributed by atoms with E-state index in [1.807, 2.05) is 0 Å². The van der Waals surface area contributed by atoms with Crippen molar-refractivity contribution in [3.8, 4) is 0 Å². The number of hydrogen-bond acceptors (Lipinski definition) is 1. The van der Waals surface area contributed by atoms with Gasteiger partial charge in [0, 0.05) is 0 Å². The van der Waals surface area contributed by atoms with Gasteiger partial charge in [0.25, 0.3) is 0 Å². The third-order valence-electron chi connectivity index (χ3n) is 0. The molecule has 0 amide bonds. The van der Waals surface area contributed by atoms with Gasteiger partial charge in [-0.05, 0) is 0 Å². The Kier molecular flexibility index (Phi) is 3.97. The van der Waals surface area contributed by atoms with Gasteiger partial charge in [0.2, 0.25) is 0 Å². The predicted octanol–water partition coefficient (Wildman–Crippen LogP) is 0.498. The Hall–Kier alpha value is 1.61. The van der Waals surface area contributed by atoms with Crippen LogP contribution in [0.15, 0.2) is 0 Å². The van der Waals surface area contributed by atoms with E-state index in [0.29, 0.717) is 0 Å². The maximum absolute atomic E-state index is 5.31. The third-order valence-corrected chi connectivity index (χ3v) is 0. The summed E-state index contributed by atoms with van der Waals surface area (Å²) in [7, 11) is 0. The zero-order valence-electron chi connectivity index (χ0n) is 2.46. The van der Waals surface area contributed by atoms with Crippen LogP contribution in [0.1, 0.15) is 0 Å². The number of rotatable bonds is 0. The molecule has 0 spiro atoms. The van der Waals surface area contributed by atoms with Gasteiger partial charge in [-0.25, -0.2) is 0 Å². The van der Waals surface area contributed by atoms with Crippen molar-refractivity contribution in [1.82, 2.24) is 0 Å². The van der Waals surface area contributed by atoms with E-state index in [2.05, 4.69) is 22.2 Å². The molecule has 0 rings (SSSR count). The summed E-state index contributed by atoms with van der Waals surface area (Å²) in [6.45, 7) is 0. The Labute approximate surface area is 43.9 Å². The molecule has 0 saturated carbocycles. The fourth-order valence-corrected chi connectivity index (χ4v) is 0. The van der Waals surface area contributed by atoms with E-state index >= 15 is 0 Å². The Morgan fingerprint density at radius 2 is 2.00 bits per heavy atom. The van der Waals surface area contributed by atoms with Crippen molar-refractivity contribution in [3.63, 3.8) is 0 Å². The molecule has 0 aliphatic carbocycles. The summed E-state index contributed by atoms with van der Waals surface area (Å²) in [4.78, 5) is 0. The van der Waals surface area contributed by atoms with Gasteiger partial charge in [-0.2, -0.15) is 0 Å². The molecular formula is CH5INPb. The Morgan fingerprint density at radius 3 is 2.00 bits per heavy atom. The molecule has 4 heavy (non-hydrogen) atoms. The Morgan fingerprint density at radius 1 is 2.00 bits per heavy atom. The zero-order valence-corrected chi connectivity index (χ0v) is 8.50. The van der Waals surface area contributed by atoms with Gasteiger partial charge in [-0.3, -0.25) is 0 Å². The number of halogens is 1. The van der Waals surface area contributed by atoms with Gasteiger partial charge in [0.15, 0.2) is 0 Å². The molecule has 0 saturated heterocycles. The molecule has 0 aromatic rings. The molecule has 0 fully saturated rings. The molecule has 0 bridgehead atoms. The first-order chi connectivity index (χ1) is 1.73. The first-order valence-electron chi connectivity index (χ1n) is 0.978.